The summed E-state index contributed by atoms with van der Waals surface area (Å²) < 4.78 is 11.0. The van der Waals surface area contributed by atoms with E-state index < -0.39 is 0 Å². The van der Waals surface area contributed by atoms with Crippen LogP contribution in [0.25, 0.3) is 0 Å². The average Bonchev–Trinajstić information content (AvgIpc) is 3.11. The van der Waals surface area contributed by atoms with Gasteiger partial charge in [-0.1, -0.05) is 24.3 Å². The normalized spacial score (nSPS) is 13.0. The van der Waals surface area contributed by atoms with Crippen molar-refractivity contribution in [3.8, 4) is 11.5 Å². The van der Waals surface area contributed by atoms with Gasteiger partial charge in [0.15, 0.2) is 11.5 Å². The third-order valence-electron chi connectivity index (χ3n) is 4.88. The number of carbonyl (C=O) groups excluding carboxylic acids is 1. The van der Waals surface area contributed by atoms with Crippen LogP contribution in [0.4, 0.5) is 5.69 Å². The molecule has 1 heterocycles. The summed E-state index contributed by atoms with van der Waals surface area (Å²) in [6.07, 6.45) is 1.46. The maximum atomic E-state index is 12.6. The van der Waals surface area contributed by atoms with Crippen LogP contribution in [-0.4, -0.2) is 44.7 Å². The molecule has 5 nitrogen and oxygen atoms in total. The summed E-state index contributed by atoms with van der Waals surface area (Å²) in [5.41, 5.74) is 3.47. The molecule has 27 heavy (non-hydrogen) atoms. The molecule has 0 saturated carbocycles. The lowest BCUT2D eigenvalue weighted by molar-refractivity contribution is -0.118. The predicted molar refractivity (Wildman–Crippen MR) is 108 cm³/mol. The molecule has 0 radical (unpaired) electrons. The van der Waals surface area contributed by atoms with Gasteiger partial charge in [0.2, 0.25) is 5.91 Å². The van der Waals surface area contributed by atoms with E-state index in [2.05, 4.69) is 11.0 Å². The maximum absolute atomic E-state index is 12.6. The Labute approximate surface area is 161 Å². The van der Waals surface area contributed by atoms with Gasteiger partial charge < -0.3 is 19.3 Å². The standard InChI is InChI=1S/C22H28N2O3/c1-4-27-20-10-9-17(15-21(20)26-3)16-23(2)13-12-22(25)24-14-11-18-7-5-6-8-19(18)24/h5-10,15H,4,11-14,16H2,1-3H3. The molecule has 1 aliphatic heterocycles. The molecule has 0 aliphatic carbocycles. The van der Waals surface area contributed by atoms with Crippen LogP contribution in [0.2, 0.25) is 0 Å². The highest BCUT2D eigenvalue weighted by molar-refractivity contribution is 5.95. The Kier molecular flexibility index (Phi) is 6.35. The summed E-state index contributed by atoms with van der Waals surface area (Å²) in [7, 11) is 3.69. The van der Waals surface area contributed by atoms with Crippen LogP contribution in [0.3, 0.4) is 0 Å². The number of benzene rings is 2. The van der Waals surface area contributed by atoms with E-state index in [1.807, 2.05) is 55.3 Å². The molecule has 2 aromatic rings. The molecule has 0 saturated heterocycles. The summed E-state index contributed by atoms with van der Waals surface area (Å²) in [5, 5.41) is 0. The van der Waals surface area contributed by atoms with Crippen molar-refractivity contribution in [1.82, 2.24) is 4.90 Å². The number of methoxy groups -OCH3 is 1. The largest absolute Gasteiger partial charge is 0.493 e. The van der Waals surface area contributed by atoms with Gasteiger partial charge in [-0.15, -0.1) is 0 Å². The second kappa shape index (κ2) is 8.91. The summed E-state index contributed by atoms with van der Waals surface area (Å²) in [6, 6.07) is 14.2. The van der Waals surface area contributed by atoms with Crippen molar-refractivity contribution in [2.45, 2.75) is 26.3 Å². The molecule has 0 spiro atoms. The summed E-state index contributed by atoms with van der Waals surface area (Å²) in [4.78, 5) is 16.7. The molecule has 1 aliphatic rings. The Hall–Kier alpha value is -2.53. The van der Waals surface area contributed by atoms with Crippen molar-refractivity contribution >= 4 is 11.6 Å². The third-order valence-corrected chi connectivity index (χ3v) is 4.88. The first kappa shape index (κ1) is 19.2. The van der Waals surface area contributed by atoms with Crippen molar-refractivity contribution in [1.29, 1.82) is 0 Å². The van der Waals surface area contributed by atoms with Gasteiger partial charge in [0.05, 0.1) is 13.7 Å². The zero-order chi connectivity index (χ0) is 19.2. The van der Waals surface area contributed by atoms with E-state index >= 15 is 0 Å². The van der Waals surface area contributed by atoms with Crippen molar-refractivity contribution in [2.24, 2.45) is 0 Å². The molecule has 5 heteroatoms. The minimum atomic E-state index is 0.191. The number of nitrogens with zero attached hydrogens (tertiary/aromatic N) is 2. The quantitative estimate of drug-likeness (QED) is 0.715. The van der Waals surface area contributed by atoms with Crippen molar-refractivity contribution in [2.75, 3.05) is 38.8 Å². The minimum absolute atomic E-state index is 0.191. The number of anilines is 1. The lowest BCUT2D eigenvalue weighted by atomic mass is 10.2. The molecule has 0 bridgehead atoms. The van der Waals surface area contributed by atoms with Gasteiger partial charge in [-0.2, -0.15) is 0 Å². The summed E-state index contributed by atoms with van der Waals surface area (Å²) in [6.45, 7) is 4.83. The van der Waals surface area contributed by atoms with Crippen LogP contribution in [0, 0.1) is 0 Å². The highest BCUT2D eigenvalue weighted by Crippen LogP contribution is 2.29. The number of amides is 1. The summed E-state index contributed by atoms with van der Waals surface area (Å²) >= 11 is 0. The van der Waals surface area contributed by atoms with Crippen molar-refractivity contribution in [3.05, 3.63) is 53.6 Å². The monoisotopic (exact) mass is 368 g/mol. The first-order valence-electron chi connectivity index (χ1n) is 9.49. The molecular weight excluding hydrogens is 340 g/mol. The highest BCUT2D eigenvalue weighted by Gasteiger charge is 2.23. The molecule has 0 N–H and O–H groups in total. The number of carbonyl (C=O) groups is 1. The minimum Gasteiger partial charge on any atom is -0.493 e. The maximum Gasteiger partial charge on any atom is 0.228 e. The van der Waals surface area contributed by atoms with Crippen LogP contribution in [0.15, 0.2) is 42.5 Å². The van der Waals surface area contributed by atoms with Crippen LogP contribution in [-0.2, 0) is 17.8 Å². The number of hydrogen-bond donors (Lipinski definition) is 0. The Bertz CT molecular complexity index is 791. The van der Waals surface area contributed by atoms with Gasteiger partial charge in [0.1, 0.15) is 0 Å². The molecule has 0 fully saturated rings. The lowest BCUT2D eigenvalue weighted by Gasteiger charge is -2.21. The van der Waals surface area contributed by atoms with Crippen LogP contribution >= 0.6 is 0 Å². The lowest BCUT2D eigenvalue weighted by Crippen LogP contribution is -2.32. The van der Waals surface area contributed by atoms with Gasteiger partial charge in [0.25, 0.3) is 0 Å². The SMILES string of the molecule is CCOc1ccc(CN(C)CCC(=O)N2CCc3ccccc32)cc1OC. The van der Waals surface area contributed by atoms with E-state index in [-0.39, 0.29) is 5.91 Å². The number of fused-ring (bicyclic) bond motifs is 1. The van der Waals surface area contributed by atoms with Crippen molar-refractivity contribution < 1.29 is 14.3 Å². The second-order valence-electron chi connectivity index (χ2n) is 6.83. The van der Waals surface area contributed by atoms with Gasteiger partial charge in [-0.25, -0.2) is 0 Å². The molecule has 2 aromatic carbocycles. The van der Waals surface area contributed by atoms with Gasteiger partial charge in [0, 0.05) is 31.7 Å². The zero-order valence-corrected chi connectivity index (χ0v) is 16.4. The molecule has 0 unspecified atom stereocenters. The molecular formula is C22H28N2O3. The molecule has 0 atom stereocenters. The van der Waals surface area contributed by atoms with E-state index in [0.717, 1.165) is 42.3 Å². The number of rotatable bonds is 8. The summed E-state index contributed by atoms with van der Waals surface area (Å²) in [5.74, 6) is 1.69. The highest BCUT2D eigenvalue weighted by atomic mass is 16.5. The first-order valence-corrected chi connectivity index (χ1v) is 9.49. The number of para-hydroxylation sites is 1. The molecule has 1 amide bonds. The van der Waals surface area contributed by atoms with Gasteiger partial charge in [-0.05, 0) is 49.7 Å². The smallest absolute Gasteiger partial charge is 0.228 e. The van der Waals surface area contributed by atoms with E-state index in [4.69, 9.17) is 9.47 Å². The van der Waals surface area contributed by atoms with Gasteiger partial charge >= 0.3 is 0 Å². The topological polar surface area (TPSA) is 42.0 Å². The van der Waals surface area contributed by atoms with Crippen molar-refractivity contribution in [3.63, 3.8) is 0 Å². The molecule has 3 rings (SSSR count). The van der Waals surface area contributed by atoms with Crippen LogP contribution in [0.5, 0.6) is 11.5 Å². The Morgan fingerprint density at radius 2 is 2.00 bits per heavy atom. The molecule has 0 aromatic heterocycles. The first-order chi connectivity index (χ1) is 13.1. The van der Waals surface area contributed by atoms with E-state index in [9.17, 15) is 4.79 Å². The fourth-order valence-corrected chi connectivity index (χ4v) is 3.49. The Morgan fingerprint density at radius 3 is 2.78 bits per heavy atom. The van der Waals surface area contributed by atoms with Gasteiger partial charge in [-0.3, -0.25) is 4.79 Å². The fourth-order valence-electron chi connectivity index (χ4n) is 3.49. The van der Waals surface area contributed by atoms with E-state index in [1.54, 1.807) is 7.11 Å². The fraction of sp³-hybridized carbons (Fsp3) is 0.409. The van der Waals surface area contributed by atoms with Crippen LogP contribution < -0.4 is 14.4 Å². The number of hydrogen-bond acceptors (Lipinski definition) is 4. The average molecular weight is 368 g/mol. The van der Waals surface area contributed by atoms with E-state index in [1.165, 1.54) is 5.56 Å². The predicted octanol–water partition coefficient (Wildman–Crippen LogP) is 3.51. The Morgan fingerprint density at radius 1 is 1.19 bits per heavy atom. The third kappa shape index (κ3) is 4.61. The Balaban J connectivity index is 1.54. The van der Waals surface area contributed by atoms with Crippen LogP contribution in [0.1, 0.15) is 24.5 Å². The molecule has 144 valence electrons. The van der Waals surface area contributed by atoms with E-state index in [0.29, 0.717) is 19.6 Å². The second-order valence-corrected chi connectivity index (χ2v) is 6.83. The number of ether oxygens (including phenoxy) is 2. The zero-order valence-electron chi connectivity index (χ0n) is 16.4.